The Morgan fingerprint density at radius 1 is 1.00 bits per heavy atom. The van der Waals surface area contributed by atoms with Gasteiger partial charge in [-0.2, -0.15) is 0 Å². The zero-order valence-electron chi connectivity index (χ0n) is 17.6. The number of aliphatic hydroxyl groups excluding tert-OH is 1. The number of benzene rings is 1. The van der Waals surface area contributed by atoms with E-state index in [0.717, 1.165) is 12.2 Å². The van der Waals surface area contributed by atoms with Crippen LogP contribution in [0.5, 0.6) is 5.75 Å². The van der Waals surface area contributed by atoms with Crippen LogP contribution < -0.4 is 15.8 Å². The summed E-state index contributed by atoms with van der Waals surface area (Å²) in [6, 6.07) is 6.35. The number of nitrogens with two attached hydrogens (primary N) is 1. The van der Waals surface area contributed by atoms with Crippen LogP contribution in [-0.2, 0) is 4.79 Å². The fourth-order valence-corrected chi connectivity index (χ4v) is 3.11. The van der Waals surface area contributed by atoms with Crippen LogP contribution in [0.1, 0.15) is 84.0 Å². The summed E-state index contributed by atoms with van der Waals surface area (Å²) in [4.78, 5) is 11.7. The molecule has 5 nitrogen and oxygen atoms in total. The predicted octanol–water partition coefficient (Wildman–Crippen LogP) is 5.02. The number of amides is 1. The van der Waals surface area contributed by atoms with E-state index in [4.69, 9.17) is 15.6 Å². The lowest BCUT2D eigenvalue weighted by Crippen LogP contribution is -2.38. The van der Waals surface area contributed by atoms with Crippen LogP contribution in [0.4, 0.5) is 5.69 Å². The molecule has 5 heteroatoms. The first kappa shape index (κ1) is 24.4. The second-order valence-corrected chi connectivity index (χ2v) is 7.54. The van der Waals surface area contributed by atoms with E-state index in [1.54, 1.807) is 12.1 Å². The number of carbonyl (C=O) groups is 1. The molecule has 0 fully saturated rings. The number of nitrogens with one attached hydrogen (secondary N) is 1. The van der Waals surface area contributed by atoms with Crippen molar-refractivity contribution < 1.29 is 14.6 Å². The minimum absolute atomic E-state index is 0.374. The molecule has 1 unspecified atom stereocenters. The third-order valence-electron chi connectivity index (χ3n) is 4.90. The van der Waals surface area contributed by atoms with E-state index < -0.39 is 11.9 Å². The highest BCUT2D eigenvalue weighted by Gasteiger charge is 2.12. The van der Waals surface area contributed by atoms with E-state index >= 15 is 0 Å². The molecule has 0 heterocycles. The molecule has 1 amide bonds. The lowest BCUT2D eigenvalue weighted by atomic mass is 10.1. The van der Waals surface area contributed by atoms with Crippen LogP contribution in [-0.4, -0.2) is 30.3 Å². The molecular weight excluding hydrogens is 352 g/mol. The molecular formula is C23H40N2O3. The van der Waals surface area contributed by atoms with Gasteiger partial charge in [-0.1, -0.05) is 83.6 Å². The van der Waals surface area contributed by atoms with Gasteiger partial charge in [0.15, 0.2) is 0 Å². The lowest BCUT2D eigenvalue weighted by Gasteiger charge is -2.11. The first-order valence-corrected chi connectivity index (χ1v) is 11.1. The molecule has 4 N–H and O–H groups in total. The number of aliphatic hydroxyl groups is 1. The van der Waals surface area contributed by atoms with Crippen molar-refractivity contribution in [3.05, 3.63) is 24.3 Å². The number of rotatable bonds is 17. The maximum Gasteiger partial charge on any atom is 0.243 e. The standard InChI is InChI=1S/C23H40N2O3/c1-2-3-4-5-6-7-8-9-10-11-12-13-17-28-21-16-14-15-20(18-21)25-23(27)22(24)19-26/h14-16,18,22,26H,2-13,17,19,24H2,1H3,(H,25,27). The van der Waals surface area contributed by atoms with Gasteiger partial charge in [0.1, 0.15) is 11.8 Å². The molecule has 0 aliphatic carbocycles. The van der Waals surface area contributed by atoms with Crippen LogP contribution in [0.15, 0.2) is 24.3 Å². The van der Waals surface area contributed by atoms with Crippen molar-refractivity contribution in [3.63, 3.8) is 0 Å². The van der Waals surface area contributed by atoms with Crippen molar-refractivity contribution in [2.75, 3.05) is 18.5 Å². The second kappa shape index (κ2) is 16.4. The monoisotopic (exact) mass is 392 g/mol. The highest BCUT2D eigenvalue weighted by atomic mass is 16.5. The molecule has 0 aromatic heterocycles. The minimum atomic E-state index is -0.911. The number of carbonyl (C=O) groups excluding carboxylic acids is 1. The average Bonchev–Trinajstić information content (AvgIpc) is 2.71. The van der Waals surface area contributed by atoms with Gasteiger partial charge in [0.2, 0.25) is 5.91 Å². The maximum atomic E-state index is 11.7. The van der Waals surface area contributed by atoms with E-state index in [-0.39, 0.29) is 6.61 Å². The highest BCUT2D eigenvalue weighted by Crippen LogP contribution is 2.18. The van der Waals surface area contributed by atoms with Crippen molar-refractivity contribution in [3.8, 4) is 5.75 Å². The Labute approximate surface area is 171 Å². The largest absolute Gasteiger partial charge is 0.494 e. The summed E-state index contributed by atoms with van der Waals surface area (Å²) in [5, 5.41) is 11.6. The Balaban J connectivity index is 2.03. The van der Waals surface area contributed by atoms with Gasteiger partial charge in [-0.05, 0) is 18.6 Å². The molecule has 1 rings (SSSR count). The van der Waals surface area contributed by atoms with Crippen molar-refractivity contribution >= 4 is 11.6 Å². The number of hydrogen-bond donors (Lipinski definition) is 3. The van der Waals surface area contributed by atoms with E-state index in [1.807, 2.05) is 12.1 Å². The molecule has 0 spiro atoms. The highest BCUT2D eigenvalue weighted by molar-refractivity contribution is 5.94. The summed E-state index contributed by atoms with van der Waals surface area (Å²) < 4.78 is 5.77. The Morgan fingerprint density at radius 3 is 2.14 bits per heavy atom. The SMILES string of the molecule is CCCCCCCCCCCCCCOc1cccc(NC(=O)C(N)CO)c1. The van der Waals surface area contributed by atoms with Gasteiger partial charge in [-0.3, -0.25) is 4.79 Å². The van der Waals surface area contributed by atoms with Crippen LogP contribution in [0, 0.1) is 0 Å². The molecule has 0 saturated heterocycles. The molecule has 1 atom stereocenters. The molecule has 28 heavy (non-hydrogen) atoms. The fourth-order valence-electron chi connectivity index (χ4n) is 3.11. The summed E-state index contributed by atoms with van der Waals surface area (Å²) in [6.07, 6.45) is 15.9. The number of anilines is 1. The second-order valence-electron chi connectivity index (χ2n) is 7.54. The van der Waals surface area contributed by atoms with E-state index in [1.165, 1.54) is 70.6 Å². The minimum Gasteiger partial charge on any atom is -0.494 e. The molecule has 0 bridgehead atoms. The van der Waals surface area contributed by atoms with E-state index in [9.17, 15) is 4.79 Å². The molecule has 0 aliphatic rings. The van der Waals surface area contributed by atoms with Gasteiger partial charge in [-0.15, -0.1) is 0 Å². The average molecular weight is 393 g/mol. The van der Waals surface area contributed by atoms with Crippen LogP contribution in [0.3, 0.4) is 0 Å². The maximum absolute atomic E-state index is 11.7. The molecule has 1 aromatic carbocycles. The first-order chi connectivity index (χ1) is 13.7. The third kappa shape index (κ3) is 12.0. The normalized spacial score (nSPS) is 12.0. The zero-order valence-corrected chi connectivity index (χ0v) is 17.6. The third-order valence-corrected chi connectivity index (χ3v) is 4.90. The summed E-state index contributed by atoms with van der Waals surface area (Å²) in [5.74, 6) is 0.332. The van der Waals surface area contributed by atoms with Gasteiger partial charge in [0.05, 0.1) is 13.2 Å². The van der Waals surface area contributed by atoms with E-state index in [0.29, 0.717) is 12.3 Å². The van der Waals surface area contributed by atoms with Crippen LogP contribution in [0.25, 0.3) is 0 Å². The lowest BCUT2D eigenvalue weighted by molar-refractivity contribution is -0.118. The molecule has 0 aliphatic heterocycles. The topological polar surface area (TPSA) is 84.6 Å². The quantitative estimate of drug-likeness (QED) is 0.325. The van der Waals surface area contributed by atoms with Crippen molar-refractivity contribution in [1.82, 2.24) is 0 Å². The summed E-state index contributed by atoms with van der Waals surface area (Å²) in [5.41, 5.74) is 6.12. The van der Waals surface area contributed by atoms with Gasteiger partial charge >= 0.3 is 0 Å². The zero-order chi connectivity index (χ0) is 20.5. The van der Waals surface area contributed by atoms with Crippen molar-refractivity contribution in [1.29, 1.82) is 0 Å². The fraction of sp³-hybridized carbons (Fsp3) is 0.696. The number of unbranched alkanes of at least 4 members (excludes halogenated alkanes) is 11. The van der Waals surface area contributed by atoms with Gasteiger partial charge in [-0.25, -0.2) is 0 Å². The Hall–Kier alpha value is -1.59. The summed E-state index contributed by atoms with van der Waals surface area (Å²) in [7, 11) is 0. The van der Waals surface area contributed by atoms with Gasteiger partial charge in [0.25, 0.3) is 0 Å². The Kier molecular flexibility index (Phi) is 14.3. The van der Waals surface area contributed by atoms with E-state index in [2.05, 4.69) is 12.2 Å². The number of hydrogen-bond acceptors (Lipinski definition) is 4. The van der Waals surface area contributed by atoms with Crippen molar-refractivity contribution in [2.45, 2.75) is 90.0 Å². The van der Waals surface area contributed by atoms with Crippen LogP contribution in [0.2, 0.25) is 0 Å². The smallest absolute Gasteiger partial charge is 0.243 e. The van der Waals surface area contributed by atoms with Gasteiger partial charge < -0.3 is 20.9 Å². The van der Waals surface area contributed by atoms with Crippen molar-refractivity contribution in [2.24, 2.45) is 5.73 Å². The molecule has 1 aromatic rings. The molecule has 160 valence electrons. The summed E-state index contributed by atoms with van der Waals surface area (Å²) in [6.45, 7) is 2.57. The molecule has 0 radical (unpaired) electrons. The van der Waals surface area contributed by atoms with Gasteiger partial charge in [0, 0.05) is 11.8 Å². The Morgan fingerprint density at radius 2 is 1.57 bits per heavy atom. The number of ether oxygens (including phenoxy) is 1. The predicted molar refractivity (Wildman–Crippen MR) is 117 cm³/mol. The van der Waals surface area contributed by atoms with Crippen LogP contribution >= 0.6 is 0 Å². The summed E-state index contributed by atoms with van der Waals surface area (Å²) >= 11 is 0. The molecule has 0 saturated carbocycles. The Bertz CT molecular complexity index is 522. The first-order valence-electron chi connectivity index (χ1n) is 11.1.